The quantitative estimate of drug-likeness (QED) is 0.576. The Morgan fingerprint density at radius 3 is 1.96 bits per heavy atom. The molecule has 0 saturated carbocycles. The molecule has 0 aromatic heterocycles. The average molecular weight is 338 g/mol. The van der Waals surface area contributed by atoms with E-state index in [1.54, 1.807) is 14.1 Å². The van der Waals surface area contributed by atoms with Gasteiger partial charge in [0.15, 0.2) is 13.3 Å². The highest BCUT2D eigenvalue weighted by atomic mass is 15.2. The Morgan fingerprint density at radius 2 is 1.32 bits per heavy atom. The van der Waals surface area contributed by atoms with Crippen molar-refractivity contribution >= 4 is 22.1 Å². The highest BCUT2D eigenvalue weighted by Gasteiger charge is 2.10. The van der Waals surface area contributed by atoms with Crippen molar-refractivity contribution in [2.75, 3.05) is 27.4 Å². The lowest BCUT2D eigenvalue weighted by atomic mass is 9.97. The van der Waals surface area contributed by atoms with Crippen LogP contribution >= 0.6 is 0 Å². The number of hydrogen-bond acceptors (Lipinski definition) is 8. The molecule has 0 fully saturated rings. The third-order valence-electron chi connectivity index (χ3n) is 3.76. The van der Waals surface area contributed by atoms with E-state index in [2.05, 4.69) is 53.0 Å². The Bertz CT molecular complexity index is 860. The van der Waals surface area contributed by atoms with Crippen LogP contribution in [0.25, 0.3) is 10.8 Å². The smallest absolute Gasteiger partial charge is 0.171 e. The second-order valence-electron chi connectivity index (χ2n) is 5.48. The Labute approximate surface area is 146 Å². The van der Waals surface area contributed by atoms with Crippen molar-refractivity contribution in [1.82, 2.24) is 0 Å². The van der Waals surface area contributed by atoms with E-state index in [-0.39, 0.29) is 13.3 Å². The van der Waals surface area contributed by atoms with E-state index in [0.717, 1.165) is 38.8 Å². The van der Waals surface area contributed by atoms with E-state index >= 15 is 0 Å². The molecule has 130 valence electrons. The molecule has 0 N–H and O–H groups in total. The number of fused-ring (bicyclic) bond motifs is 1. The highest BCUT2D eigenvalue weighted by molar-refractivity contribution is 5.93. The molecule has 0 aliphatic carbocycles. The topological polar surface area (TPSA) is 98.9 Å². The van der Waals surface area contributed by atoms with Gasteiger partial charge in [0.05, 0.1) is 11.4 Å². The maximum atomic E-state index is 4.32. The summed E-state index contributed by atoms with van der Waals surface area (Å²) in [7, 11) is 3.22. The van der Waals surface area contributed by atoms with Gasteiger partial charge in [-0.15, -0.1) is 0 Å². The molecule has 0 atom stereocenters. The molecule has 0 saturated heterocycles. The maximum Gasteiger partial charge on any atom is 0.171 e. The SMILES string of the molecule is CN=NCN=Nc1cc2c(C)c(N=NCN=NC)c(C)cc2cc1C. The van der Waals surface area contributed by atoms with Gasteiger partial charge in [0.25, 0.3) is 0 Å². The molecule has 0 heterocycles. The van der Waals surface area contributed by atoms with Gasteiger partial charge in [0.2, 0.25) is 0 Å². The molecule has 8 nitrogen and oxygen atoms in total. The van der Waals surface area contributed by atoms with Gasteiger partial charge in [-0.05, 0) is 66.4 Å². The monoisotopic (exact) mass is 338 g/mol. The normalized spacial score (nSPS) is 12.7. The number of azo groups is 4. The van der Waals surface area contributed by atoms with Crippen molar-refractivity contribution in [2.24, 2.45) is 40.9 Å². The van der Waals surface area contributed by atoms with Crippen LogP contribution in [0.4, 0.5) is 11.4 Å². The van der Waals surface area contributed by atoms with Crippen molar-refractivity contribution in [1.29, 1.82) is 0 Å². The van der Waals surface area contributed by atoms with Crippen molar-refractivity contribution in [3.8, 4) is 0 Å². The van der Waals surface area contributed by atoms with E-state index in [1.165, 1.54) is 0 Å². The minimum Gasteiger partial charge on any atom is -0.196 e. The van der Waals surface area contributed by atoms with Crippen LogP contribution < -0.4 is 0 Å². The first-order valence-electron chi connectivity index (χ1n) is 7.89. The molecule has 0 unspecified atom stereocenters. The summed E-state index contributed by atoms with van der Waals surface area (Å²) < 4.78 is 0. The predicted molar refractivity (Wildman–Crippen MR) is 98.5 cm³/mol. The van der Waals surface area contributed by atoms with Gasteiger partial charge in [-0.25, -0.2) is 0 Å². The molecule has 2 aromatic rings. The molecular formula is C17H22N8. The highest BCUT2D eigenvalue weighted by Crippen LogP contribution is 2.35. The third kappa shape index (κ3) is 4.56. The van der Waals surface area contributed by atoms with Gasteiger partial charge in [-0.2, -0.15) is 40.9 Å². The zero-order valence-electron chi connectivity index (χ0n) is 15.2. The zero-order chi connectivity index (χ0) is 18.2. The second-order valence-corrected chi connectivity index (χ2v) is 5.48. The Kier molecular flexibility index (Phi) is 6.50. The lowest BCUT2D eigenvalue weighted by Crippen LogP contribution is -1.87. The molecule has 0 aliphatic heterocycles. The van der Waals surface area contributed by atoms with E-state index < -0.39 is 0 Å². The summed E-state index contributed by atoms with van der Waals surface area (Å²) >= 11 is 0. The first-order valence-corrected chi connectivity index (χ1v) is 7.89. The van der Waals surface area contributed by atoms with Gasteiger partial charge in [0.1, 0.15) is 0 Å². The largest absolute Gasteiger partial charge is 0.196 e. The lowest BCUT2D eigenvalue weighted by molar-refractivity contribution is 0.886. The molecule has 2 aromatic carbocycles. The average Bonchev–Trinajstić information content (AvgIpc) is 2.58. The van der Waals surface area contributed by atoms with E-state index in [4.69, 9.17) is 0 Å². The van der Waals surface area contributed by atoms with Crippen LogP contribution in [0.1, 0.15) is 16.7 Å². The number of benzene rings is 2. The summed E-state index contributed by atoms with van der Waals surface area (Å²) in [5.41, 5.74) is 4.84. The lowest BCUT2D eigenvalue weighted by Gasteiger charge is -2.11. The number of hydrogen-bond donors (Lipinski definition) is 0. The fourth-order valence-electron chi connectivity index (χ4n) is 2.54. The number of aryl methyl sites for hydroxylation is 3. The van der Waals surface area contributed by atoms with E-state index in [1.807, 2.05) is 26.8 Å². The first-order chi connectivity index (χ1) is 12.1. The van der Waals surface area contributed by atoms with E-state index in [9.17, 15) is 0 Å². The molecule has 0 amide bonds. The summed E-state index contributed by atoms with van der Waals surface area (Å²) in [6.45, 7) is 6.54. The number of nitrogens with zero attached hydrogens (tertiary/aromatic N) is 8. The molecule has 0 spiro atoms. The molecule has 0 aliphatic rings. The number of rotatable bonds is 6. The van der Waals surface area contributed by atoms with Crippen molar-refractivity contribution in [2.45, 2.75) is 20.8 Å². The minimum absolute atomic E-state index is 0.228. The molecule has 0 bridgehead atoms. The van der Waals surface area contributed by atoms with Crippen LogP contribution in [0.3, 0.4) is 0 Å². The van der Waals surface area contributed by atoms with Crippen LogP contribution in [0.2, 0.25) is 0 Å². The molecule has 2 rings (SSSR count). The van der Waals surface area contributed by atoms with Gasteiger partial charge in [0, 0.05) is 14.1 Å². The molecular weight excluding hydrogens is 316 g/mol. The Hall–Kier alpha value is -2.90. The summed E-state index contributed by atoms with van der Waals surface area (Å²) in [4.78, 5) is 0. The zero-order valence-corrected chi connectivity index (χ0v) is 15.2. The standard InChI is InChI=1S/C17H22N8/c1-11-6-14-7-12(2)17(25-23-10-21-19-5)13(3)15(14)8-16(11)24-22-9-20-18-4/h6-8H,9-10H2,1-5H3. The summed E-state index contributed by atoms with van der Waals surface area (Å²) in [6, 6.07) is 6.24. The Morgan fingerprint density at radius 1 is 0.720 bits per heavy atom. The van der Waals surface area contributed by atoms with E-state index in [0.29, 0.717) is 0 Å². The molecule has 8 heteroatoms. The Balaban J connectivity index is 2.47. The minimum atomic E-state index is 0.228. The van der Waals surface area contributed by atoms with Crippen molar-refractivity contribution < 1.29 is 0 Å². The van der Waals surface area contributed by atoms with Crippen LogP contribution in [-0.4, -0.2) is 27.4 Å². The summed E-state index contributed by atoms with van der Waals surface area (Å²) in [5.74, 6) is 0. The van der Waals surface area contributed by atoms with Crippen LogP contribution in [0, 0.1) is 20.8 Å². The van der Waals surface area contributed by atoms with Gasteiger partial charge in [-0.3, -0.25) is 0 Å². The van der Waals surface area contributed by atoms with Crippen LogP contribution in [0.15, 0.2) is 59.1 Å². The maximum absolute atomic E-state index is 4.32. The fraction of sp³-hybridized carbons (Fsp3) is 0.412. The fourth-order valence-corrected chi connectivity index (χ4v) is 2.54. The predicted octanol–water partition coefficient (Wildman–Crippen LogP) is 6.01. The van der Waals surface area contributed by atoms with Crippen molar-refractivity contribution in [3.05, 3.63) is 34.9 Å². The summed E-state index contributed by atoms with van der Waals surface area (Å²) in [6.07, 6.45) is 0. The first kappa shape index (κ1) is 18.4. The van der Waals surface area contributed by atoms with Gasteiger partial charge >= 0.3 is 0 Å². The van der Waals surface area contributed by atoms with Crippen LogP contribution in [0.5, 0.6) is 0 Å². The van der Waals surface area contributed by atoms with Crippen molar-refractivity contribution in [3.63, 3.8) is 0 Å². The third-order valence-corrected chi connectivity index (χ3v) is 3.76. The molecule has 25 heavy (non-hydrogen) atoms. The van der Waals surface area contributed by atoms with Gasteiger partial charge < -0.3 is 0 Å². The van der Waals surface area contributed by atoms with Gasteiger partial charge in [-0.1, -0.05) is 0 Å². The second kappa shape index (κ2) is 8.81. The molecule has 0 radical (unpaired) electrons. The summed E-state index contributed by atoms with van der Waals surface area (Å²) in [5, 5.41) is 33.8. The van der Waals surface area contributed by atoms with Crippen LogP contribution in [-0.2, 0) is 0 Å².